The lowest BCUT2D eigenvalue weighted by molar-refractivity contribution is 0.0864. The maximum Gasteiger partial charge on any atom is 0.336 e. The summed E-state index contributed by atoms with van der Waals surface area (Å²) in [5, 5.41) is 28.9. The molecule has 1 aromatic carbocycles. The van der Waals surface area contributed by atoms with E-state index in [1.54, 1.807) is 19.1 Å². The smallest absolute Gasteiger partial charge is 0.336 e. The number of aromatic nitrogens is 6. The van der Waals surface area contributed by atoms with Crippen molar-refractivity contribution in [2.45, 2.75) is 32.2 Å². The standard InChI is InChI=1S/C20H22N6O6/c1-13-2-19(29)32-18-4-16(30-7-14(27)5-25-11-21-9-23-25)3-17(20(13)18)31-8-15(28)6-26-12-22-10-24-26/h2-4,9-12,14-15,27-28H,5-8H2,1H3. The highest BCUT2D eigenvalue weighted by atomic mass is 16.5. The van der Waals surface area contributed by atoms with Gasteiger partial charge in [0.05, 0.1) is 18.5 Å². The Bertz CT molecular complexity index is 1210. The van der Waals surface area contributed by atoms with Crippen molar-refractivity contribution in [3.63, 3.8) is 0 Å². The zero-order chi connectivity index (χ0) is 22.5. The van der Waals surface area contributed by atoms with Gasteiger partial charge in [0.2, 0.25) is 0 Å². The highest BCUT2D eigenvalue weighted by molar-refractivity contribution is 5.88. The molecule has 0 amide bonds. The number of aryl methyl sites for hydroxylation is 1. The predicted molar refractivity (Wildman–Crippen MR) is 110 cm³/mol. The van der Waals surface area contributed by atoms with Gasteiger partial charge in [0.25, 0.3) is 0 Å². The van der Waals surface area contributed by atoms with Crippen molar-refractivity contribution >= 4 is 11.0 Å². The van der Waals surface area contributed by atoms with Gasteiger partial charge in [0.15, 0.2) is 0 Å². The SMILES string of the molecule is Cc1cc(=O)oc2cc(OCC(O)Cn3cncn3)cc(OCC(O)Cn3cncn3)c12. The zero-order valence-corrected chi connectivity index (χ0v) is 17.2. The van der Waals surface area contributed by atoms with Gasteiger partial charge in [-0.25, -0.2) is 14.8 Å². The predicted octanol–water partition coefficient (Wildman–Crippen LogP) is 0.164. The lowest BCUT2D eigenvalue weighted by Gasteiger charge is -2.17. The summed E-state index contributed by atoms with van der Waals surface area (Å²) < 4.78 is 19.8. The number of aliphatic hydroxyl groups excluding tert-OH is 2. The lowest BCUT2D eigenvalue weighted by atomic mass is 10.1. The fraction of sp³-hybridized carbons (Fsp3) is 0.350. The molecule has 168 valence electrons. The molecule has 2 unspecified atom stereocenters. The molecule has 0 aliphatic rings. The van der Waals surface area contributed by atoms with E-state index in [9.17, 15) is 15.0 Å². The summed E-state index contributed by atoms with van der Waals surface area (Å²) in [4.78, 5) is 19.5. The summed E-state index contributed by atoms with van der Waals surface area (Å²) in [5.41, 5.74) is 0.435. The third kappa shape index (κ3) is 5.28. The van der Waals surface area contributed by atoms with Crippen LogP contribution in [0.4, 0.5) is 0 Å². The van der Waals surface area contributed by atoms with Crippen molar-refractivity contribution in [1.29, 1.82) is 0 Å². The second kappa shape index (κ2) is 9.58. The topological polar surface area (TPSA) is 151 Å². The molecule has 3 heterocycles. The minimum atomic E-state index is -0.850. The van der Waals surface area contributed by atoms with Crippen LogP contribution < -0.4 is 15.1 Å². The van der Waals surface area contributed by atoms with Crippen LogP contribution in [0.1, 0.15) is 5.56 Å². The average molecular weight is 442 g/mol. The van der Waals surface area contributed by atoms with E-state index in [1.807, 2.05) is 0 Å². The van der Waals surface area contributed by atoms with E-state index in [0.29, 0.717) is 22.4 Å². The molecular weight excluding hydrogens is 420 g/mol. The second-order valence-electron chi connectivity index (χ2n) is 7.21. The van der Waals surface area contributed by atoms with E-state index < -0.39 is 17.8 Å². The number of hydrogen-bond acceptors (Lipinski definition) is 10. The van der Waals surface area contributed by atoms with Crippen LogP contribution in [0.5, 0.6) is 11.5 Å². The molecule has 0 saturated carbocycles. The number of rotatable bonds is 10. The van der Waals surface area contributed by atoms with Gasteiger partial charge < -0.3 is 24.1 Å². The fourth-order valence-corrected chi connectivity index (χ4v) is 3.19. The van der Waals surface area contributed by atoms with Crippen LogP contribution in [0.15, 0.2) is 52.7 Å². The molecule has 0 saturated heterocycles. The lowest BCUT2D eigenvalue weighted by Crippen LogP contribution is -2.24. The average Bonchev–Trinajstić information content (AvgIpc) is 3.44. The molecule has 0 radical (unpaired) electrons. The number of ether oxygens (including phenoxy) is 2. The first kappa shape index (κ1) is 21.5. The van der Waals surface area contributed by atoms with Gasteiger partial charge in [-0.15, -0.1) is 0 Å². The molecule has 2 atom stereocenters. The Morgan fingerprint density at radius 3 is 2.19 bits per heavy atom. The molecule has 12 nitrogen and oxygen atoms in total. The van der Waals surface area contributed by atoms with Gasteiger partial charge in [0, 0.05) is 18.2 Å². The molecule has 0 bridgehead atoms. The number of fused-ring (bicyclic) bond motifs is 1. The minimum absolute atomic E-state index is 0.0320. The van der Waals surface area contributed by atoms with Gasteiger partial charge in [-0.05, 0) is 12.5 Å². The van der Waals surface area contributed by atoms with Gasteiger partial charge in [-0.3, -0.25) is 9.36 Å². The molecular formula is C20H22N6O6. The number of hydrogen-bond donors (Lipinski definition) is 2. The van der Waals surface area contributed by atoms with E-state index in [-0.39, 0.29) is 31.9 Å². The molecule has 2 N–H and O–H groups in total. The van der Waals surface area contributed by atoms with Crippen LogP contribution in [-0.4, -0.2) is 65.2 Å². The summed E-state index contributed by atoms with van der Waals surface area (Å²) in [6, 6.07) is 4.55. The minimum Gasteiger partial charge on any atom is -0.491 e. The van der Waals surface area contributed by atoms with Crippen molar-refractivity contribution in [1.82, 2.24) is 29.5 Å². The molecule has 3 aromatic heterocycles. The maximum absolute atomic E-state index is 11.9. The summed E-state index contributed by atoms with van der Waals surface area (Å²) in [5.74, 6) is 0.715. The normalized spacial score (nSPS) is 13.2. The Morgan fingerprint density at radius 2 is 1.59 bits per heavy atom. The van der Waals surface area contributed by atoms with E-state index in [2.05, 4.69) is 20.2 Å². The monoisotopic (exact) mass is 442 g/mol. The maximum atomic E-state index is 11.9. The summed E-state index contributed by atoms with van der Waals surface area (Å²) >= 11 is 0. The van der Waals surface area contributed by atoms with Crippen LogP contribution >= 0.6 is 0 Å². The Labute approximate surface area is 181 Å². The first-order valence-corrected chi connectivity index (χ1v) is 9.83. The molecule has 12 heteroatoms. The summed E-state index contributed by atoms with van der Waals surface area (Å²) in [6.07, 6.45) is 4.05. The Balaban J connectivity index is 1.51. The molecule has 0 aliphatic heterocycles. The highest BCUT2D eigenvalue weighted by Gasteiger charge is 2.16. The highest BCUT2D eigenvalue weighted by Crippen LogP contribution is 2.33. The van der Waals surface area contributed by atoms with Crippen molar-refractivity contribution in [2.75, 3.05) is 13.2 Å². The van der Waals surface area contributed by atoms with Crippen LogP contribution in [0.3, 0.4) is 0 Å². The first-order chi connectivity index (χ1) is 15.5. The Kier molecular flexibility index (Phi) is 6.42. The molecule has 0 fully saturated rings. The van der Waals surface area contributed by atoms with Crippen molar-refractivity contribution in [3.8, 4) is 11.5 Å². The number of aliphatic hydroxyl groups is 2. The molecule has 4 aromatic rings. The zero-order valence-electron chi connectivity index (χ0n) is 17.2. The van der Waals surface area contributed by atoms with E-state index in [1.165, 1.54) is 40.7 Å². The van der Waals surface area contributed by atoms with Crippen molar-refractivity contribution in [2.24, 2.45) is 0 Å². The molecule has 32 heavy (non-hydrogen) atoms. The van der Waals surface area contributed by atoms with Crippen LogP contribution in [0, 0.1) is 6.92 Å². The van der Waals surface area contributed by atoms with E-state index in [4.69, 9.17) is 13.9 Å². The van der Waals surface area contributed by atoms with Crippen LogP contribution in [0.25, 0.3) is 11.0 Å². The van der Waals surface area contributed by atoms with E-state index >= 15 is 0 Å². The summed E-state index contributed by atoms with van der Waals surface area (Å²) in [7, 11) is 0. The molecule has 0 spiro atoms. The van der Waals surface area contributed by atoms with Gasteiger partial charge in [-0.2, -0.15) is 10.2 Å². The third-order valence-electron chi connectivity index (χ3n) is 4.58. The Hall–Kier alpha value is -3.77. The van der Waals surface area contributed by atoms with Gasteiger partial charge >= 0.3 is 5.63 Å². The summed E-state index contributed by atoms with van der Waals surface area (Å²) in [6.45, 7) is 2.11. The van der Waals surface area contributed by atoms with Crippen molar-refractivity contribution < 1.29 is 24.1 Å². The Morgan fingerprint density at radius 1 is 0.969 bits per heavy atom. The first-order valence-electron chi connectivity index (χ1n) is 9.83. The largest absolute Gasteiger partial charge is 0.491 e. The van der Waals surface area contributed by atoms with Crippen LogP contribution in [0.2, 0.25) is 0 Å². The quantitative estimate of drug-likeness (QED) is 0.325. The van der Waals surface area contributed by atoms with Gasteiger partial charge in [0.1, 0.15) is 67.8 Å². The fourth-order valence-electron chi connectivity index (χ4n) is 3.19. The van der Waals surface area contributed by atoms with Crippen molar-refractivity contribution in [3.05, 3.63) is 59.5 Å². The number of benzene rings is 1. The molecule has 0 aliphatic carbocycles. The molecule has 4 rings (SSSR count). The van der Waals surface area contributed by atoms with E-state index in [0.717, 1.165) is 0 Å². The van der Waals surface area contributed by atoms with Gasteiger partial charge in [-0.1, -0.05) is 0 Å². The third-order valence-corrected chi connectivity index (χ3v) is 4.58. The second-order valence-corrected chi connectivity index (χ2v) is 7.21. The van der Waals surface area contributed by atoms with Crippen LogP contribution in [-0.2, 0) is 13.1 Å². The number of nitrogens with zero attached hydrogens (tertiary/aromatic N) is 6.